The lowest BCUT2D eigenvalue weighted by molar-refractivity contribution is -0.137. The molecule has 0 bridgehead atoms. The van der Waals surface area contributed by atoms with E-state index in [-0.39, 0.29) is 16.9 Å². The highest BCUT2D eigenvalue weighted by atomic mass is 35.5. The molecule has 2 aliphatic heterocycles. The number of fused-ring (bicyclic) bond motifs is 3. The number of thiophene rings is 1. The number of halogens is 4. The van der Waals surface area contributed by atoms with E-state index in [1.165, 1.54) is 17.4 Å². The molecule has 11 heteroatoms. The molecule has 2 aliphatic rings. The predicted octanol–water partition coefficient (Wildman–Crippen LogP) is 4.64. The van der Waals surface area contributed by atoms with Crippen molar-refractivity contribution in [2.45, 2.75) is 31.0 Å². The third kappa shape index (κ3) is 3.89. The summed E-state index contributed by atoms with van der Waals surface area (Å²) < 4.78 is 48.4. The summed E-state index contributed by atoms with van der Waals surface area (Å²) in [5, 5.41) is 7.92. The average molecular weight is 497 g/mol. The zero-order chi connectivity index (χ0) is 23.3. The van der Waals surface area contributed by atoms with Crippen molar-refractivity contribution in [3.05, 3.63) is 57.1 Å². The first-order chi connectivity index (χ1) is 15.8. The number of benzene rings is 1. The number of piperidine rings is 1. The van der Waals surface area contributed by atoms with Crippen LogP contribution >= 0.6 is 22.9 Å². The fraction of sp³-hybridized carbons (Fsp3) is 0.364. The molecule has 3 aromatic rings. The minimum absolute atomic E-state index is 0.277. The van der Waals surface area contributed by atoms with E-state index in [1.807, 2.05) is 10.7 Å². The van der Waals surface area contributed by atoms with E-state index in [2.05, 4.69) is 10.4 Å². The maximum atomic E-state index is 13.6. The van der Waals surface area contributed by atoms with E-state index in [0.29, 0.717) is 53.7 Å². The number of hydrogen-bond donors (Lipinski definition) is 2. The number of ether oxygens (including phenoxy) is 1. The average Bonchev–Trinajstić information content (AvgIpc) is 3.34. The van der Waals surface area contributed by atoms with Crippen LogP contribution in [0.3, 0.4) is 0 Å². The van der Waals surface area contributed by atoms with Crippen LogP contribution in [0.15, 0.2) is 30.5 Å². The van der Waals surface area contributed by atoms with Crippen LogP contribution in [0.5, 0.6) is 5.06 Å². The maximum absolute atomic E-state index is 13.6. The number of nitrogens with one attached hydrogen (secondary N) is 1. The zero-order valence-electron chi connectivity index (χ0n) is 17.3. The van der Waals surface area contributed by atoms with E-state index >= 15 is 0 Å². The molecule has 1 amide bonds. The Hall–Kier alpha value is -2.56. The minimum Gasteiger partial charge on any atom is -0.481 e. The van der Waals surface area contributed by atoms with Gasteiger partial charge in [0, 0.05) is 18.7 Å². The fourth-order valence-corrected chi connectivity index (χ4v) is 6.14. The SMILES string of the molecule is NC(=O)c1sc2c(c1[C@H]1CNCC[C@@H]1c1ccc(Cl)c(C(F)(F)F)c1)-c1ccnn1CCO2. The molecule has 6 nitrogen and oxygen atoms in total. The number of rotatable bonds is 3. The van der Waals surface area contributed by atoms with E-state index < -0.39 is 17.6 Å². The zero-order valence-corrected chi connectivity index (χ0v) is 18.9. The molecule has 0 radical (unpaired) electrons. The summed E-state index contributed by atoms with van der Waals surface area (Å²) in [5.41, 5.74) is 7.67. The number of primary amides is 1. The molecule has 4 heterocycles. The number of hydrogen-bond acceptors (Lipinski definition) is 5. The first kappa shape index (κ1) is 22.2. The monoisotopic (exact) mass is 496 g/mol. The molecule has 0 spiro atoms. The van der Waals surface area contributed by atoms with Crippen molar-refractivity contribution in [2.75, 3.05) is 19.7 Å². The number of alkyl halides is 3. The summed E-state index contributed by atoms with van der Waals surface area (Å²) in [5.74, 6) is -1.16. The Bertz CT molecular complexity index is 1220. The van der Waals surface area contributed by atoms with Gasteiger partial charge in [0.1, 0.15) is 6.61 Å². The molecular formula is C22H20ClF3N4O2S. The molecule has 2 atom stereocenters. The van der Waals surface area contributed by atoms with Crippen molar-refractivity contribution in [2.24, 2.45) is 5.73 Å². The van der Waals surface area contributed by atoms with Gasteiger partial charge in [-0.25, -0.2) is 0 Å². The van der Waals surface area contributed by atoms with Crippen LogP contribution in [0.1, 0.15) is 44.6 Å². The van der Waals surface area contributed by atoms with Crippen LogP contribution in [0.2, 0.25) is 5.02 Å². The van der Waals surface area contributed by atoms with Crippen molar-refractivity contribution in [1.82, 2.24) is 15.1 Å². The van der Waals surface area contributed by atoms with Gasteiger partial charge in [0.05, 0.1) is 33.3 Å². The van der Waals surface area contributed by atoms with Crippen LogP contribution in [0.4, 0.5) is 13.2 Å². The van der Waals surface area contributed by atoms with E-state index in [1.54, 1.807) is 12.3 Å². The Morgan fingerprint density at radius 2 is 2.12 bits per heavy atom. The van der Waals surface area contributed by atoms with E-state index in [0.717, 1.165) is 17.3 Å². The van der Waals surface area contributed by atoms with Crippen molar-refractivity contribution in [3.8, 4) is 16.3 Å². The number of carbonyl (C=O) groups is 1. The summed E-state index contributed by atoms with van der Waals surface area (Å²) >= 11 is 7.05. The Labute approximate surface area is 196 Å². The van der Waals surface area contributed by atoms with Gasteiger partial charge in [-0.2, -0.15) is 18.3 Å². The Morgan fingerprint density at radius 1 is 1.30 bits per heavy atom. The van der Waals surface area contributed by atoms with Gasteiger partial charge in [0.25, 0.3) is 5.91 Å². The maximum Gasteiger partial charge on any atom is 0.417 e. The molecule has 0 unspecified atom stereocenters. The third-order valence-electron chi connectivity index (χ3n) is 6.22. The normalized spacial score (nSPS) is 20.5. The van der Waals surface area contributed by atoms with Gasteiger partial charge in [-0.1, -0.05) is 29.0 Å². The summed E-state index contributed by atoms with van der Waals surface area (Å²) in [6, 6.07) is 5.90. The standard InChI is InChI=1S/C22H20ClF3N4O2S/c23-15-2-1-11(9-14(15)22(24,25)26)12-3-5-28-10-13(12)17-18-16-4-6-29-30(16)7-8-32-21(18)33-19(17)20(27)31/h1-2,4,6,9,12-13,28H,3,5,7-8,10H2,(H2,27,31)/t12-,13+/m1/s1. The number of nitrogens with zero attached hydrogens (tertiary/aromatic N) is 2. The first-order valence-electron chi connectivity index (χ1n) is 10.4. The van der Waals surface area contributed by atoms with Gasteiger partial charge < -0.3 is 15.8 Å². The van der Waals surface area contributed by atoms with Crippen molar-refractivity contribution in [1.29, 1.82) is 0 Å². The second-order valence-corrected chi connectivity index (χ2v) is 9.49. The Morgan fingerprint density at radius 3 is 2.88 bits per heavy atom. The molecule has 2 aromatic heterocycles. The Kier molecular flexibility index (Phi) is 5.62. The third-order valence-corrected chi connectivity index (χ3v) is 7.68. The van der Waals surface area contributed by atoms with E-state index in [4.69, 9.17) is 22.1 Å². The van der Waals surface area contributed by atoms with Gasteiger partial charge in [0.15, 0.2) is 5.06 Å². The van der Waals surface area contributed by atoms with Gasteiger partial charge in [-0.15, -0.1) is 0 Å². The summed E-state index contributed by atoms with van der Waals surface area (Å²) in [7, 11) is 0. The summed E-state index contributed by atoms with van der Waals surface area (Å²) in [6.07, 6.45) is -2.29. The van der Waals surface area contributed by atoms with Crippen LogP contribution in [0, 0.1) is 0 Å². The lowest BCUT2D eigenvalue weighted by atomic mass is 9.75. The second-order valence-electron chi connectivity index (χ2n) is 8.10. The second kappa shape index (κ2) is 8.34. The molecule has 174 valence electrons. The van der Waals surface area contributed by atoms with Gasteiger partial charge >= 0.3 is 6.18 Å². The Balaban J connectivity index is 1.68. The first-order valence-corrected chi connectivity index (χ1v) is 11.6. The molecule has 33 heavy (non-hydrogen) atoms. The molecule has 3 N–H and O–H groups in total. The van der Waals surface area contributed by atoms with Crippen molar-refractivity contribution < 1.29 is 22.7 Å². The highest BCUT2D eigenvalue weighted by molar-refractivity contribution is 7.16. The molecule has 0 saturated carbocycles. The molecular weight excluding hydrogens is 477 g/mol. The van der Waals surface area contributed by atoms with Crippen molar-refractivity contribution >= 4 is 28.8 Å². The predicted molar refractivity (Wildman–Crippen MR) is 119 cm³/mol. The topological polar surface area (TPSA) is 82.2 Å². The highest BCUT2D eigenvalue weighted by Gasteiger charge is 2.39. The van der Waals surface area contributed by atoms with Crippen LogP contribution < -0.4 is 15.8 Å². The number of nitrogens with two attached hydrogens (primary N) is 1. The quantitative estimate of drug-likeness (QED) is 0.553. The van der Waals surface area contributed by atoms with Crippen molar-refractivity contribution in [3.63, 3.8) is 0 Å². The molecule has 1 aromatic carbocycles. The number of carbonyl (C=O) groups excluding carboxylic acids is 1. The lowest BCUT2D eigenvalue weighted by Crippen LogP contribution is -2.35. The van der Waals surface area contributed by atoms with E-state index in [9.17, 15) is 18.0 Å². The molecule has 1 fully saturated rings. The lowest BCUT2D eigenvalue weighted by Gasteiger charge is -2.34. The minimum atomic E-state index is -4.56. The number of amides is 1. The summed E-state index contributed by atoms with van der Waals surface area (Å²) in [6.45, 7) is 2.05. The largest absolute Gasteiger partial charge is 0.481 e. The van der Waals surface area contributed by atoms with Crippen LogP contribution in [0.25, 0.3) is 11.3 Å². The van der Waals surface area contributed by atoms with Gasteiger partial charge in [-0.3, -0.25) is 9.48 Å². The molecule has 5 rings (SSSR count). The molecule has 1 saturated heterocycles. The van der Waals surface area contributed by atoms with Crippen LogP contribution in [-0.4, -0.2) is 35.4 Å². The summed E-state index contributed by atoms with van der Waals surface area (Å²) in [4.78, 5) is 12.8. The highest BCUT2D eigenvalue weighted by Crippen LogP contribution is 2.51. The fourth-order valence-electron chi connectivity index (χ4n) is 4.80. The smallest absolute Gasteiger partial charge is 0.417 e. The number of aromatic nitrogens is 2. The van der Waals surface area contributed by atoms with Gasteiger partial charge in [0.2, 0.25) is 0 Å². The molecule has 0 aliphatic carbocycles. The van der Waals surface area contributed by atoms with Gasteiger partial charge in [-0.05, 0) is 48.2 Å². The van der Waals surface area contributed by atoms with Crippen LogP contribution in [-0.2, 0) is 12.7 Å².